The van der Waals surface area contributed by atoms with Gasteiger partial charge in [0, 0.05) is 19.6 Å². The van der Waals surface area contributed by atoms with E-state index < -0.39 is 21.7 Å². The van der Waals surface area contributed by atoms with Crippen LogP contribution in [-0.4, -0.2) is 33.2 Å². The summed E-state index contributed by atoms with van der Waals surface area (Å²) in [6.45, 7) is 2.86. The molecule has 1 aliphatic rings. The maximum atomic E-state index is 12.5. The molecule has 2 N–H and O–H groups in total. The molecule has 3 rings (SSSR count). The van der Waals surface area contributed by atoms with Gasteiger partial charge in [0.05, 0.1) is 11.4 Å². The molecule has 0 saturated heterocycles. The molecule has 0 unspecified atom stereocenters. The highest BCUT2D eigenvalue weighted by Crippen LogP contribution is 2.26. The summed E-state index contributed by atoms with van der Waals surface area (Å²) in [5, 5.41) is 2.78. The second kappa shape index (κ2) is 10.1. The van der Waals surface area contributed by atoms with Crippen molar-refractivity contribution < 1.29 is 13.2 Å². The number of hydrogen-bond acceptors (Lipinski definition) is 4. The van der Waals surface area contributed by atoms with Crippen molar-refractivity contribution in [1.29, 1.82) is 0 Å². The molecular formula is C23H31N3O3S. The molecule has 0 atom stereocenters. The third kappa shape index (κ3) is 6.57. The van der Waals surface area contributed by atoms with Crippen LogP contribution in [0.5, 0.6) is 0 Å². The molecule has 0 aliphatic heterocycles. The first-order valence-corrected chi connectivity index (χ1v) is 12.1. The van der Waals surface area contributed by atoms with Gasteiger partial charge in [0.25, 0.3) is 0 Å². The number of nitrogens with one attached hydrogen (secondary N) is 2. The van der Waals surface area contributed by atoms with E-state index in [1.165, 1.54) is 0 Å². The lowest BCUT2D eigenvalue weighted by atomic mass is 9.88. The van der Waals surface area contributed by atoms with Gasteiger partial charge in [0.2, 0.25) is 15.9 Å². The Labute approximate surface area is 179 Å². The van der Waals surface area contributed by atoms with Crippen molar-refractivity contribution >= 4 is 27.3 Å². The van der Waals surface area contributed by atoms with E-state index in [0.29, 0.717) is 18.2 Å². The minimum absolute atomic E-state index is 0.0664. The van der Waals surface area contributed by atoms with Crippen LogP contribution in [0, 0.1) is 5.92 Å². The Bertz CT molecular complexity index is 939. The third-order valence-electron chi connectivity index (χ3n) is 5.54. The minimum atomic E-state index is -3.68. The van der Waals surface area contributed by atoms with E-state index >= 15 is 0 Å². The SMILES string of the molecule is CC1CCC(NS(=O)(=O)CC(=O)Nc2ccccc2N(C)Cc2ccccc2)CC1. The van der Waals surface area contributed by atoms with Crippen molar-refractivity contribution in [1.82, 2.24) is 4.72 Å². The van der Waals surface area contributed by atoms with E-state index in [9.17, 15) is 13.2 Å². The molecule has 162 valence electrons. The first-order chi connectivity index (χ1) is 14.3. The summed E-state index contributed by atoms with van der Waals surface area (Å²) in [5.74, 6) is -0.471. The minimum Gasteiger partial charge on any atom is -0.369 e. The maximum absolute atomic E-state index is 12.5. The van der Waals surface area contributed by atoms with Gasteiger partial charge < -0.3 is 10.2 Å². The summed E-state index contributed by atoms with van der Waals surface area (Å²) < 4.78 is 27.6. The average molecular weight is 430 g/mol. The molecule has 6 nitrogen and oxygen atoms in total. The molecule has 0 spiro atoms. The standard InChI is InChI=1S/C23H31N3O3S/c1-18-12-14-20(15-13-18)25-30(28,29)17-23(27)24-21-10-6-7-11-22(21)26(2)16-19-8-4-3-5-9-19/h3-11,18,20,25H,12-17H2,1-2H3,(H,24,27). The molecule has 0 aromatic heterocycles. The van der Waals surface area contributed by atoms with Crippen LogP contribution in [0.15, 0.2) is 54.6 Å². The highest BCUT2D eigenvalue weighted by molar-refractivity contribution is 7.90. The molecule has 0 radical (unpaired) electrons. The first kappa shape index (κ1) is 22.3. The summed E-state index contributed by atoms with van der Waals surface area (Å²) in [6, 6.07) is 17.4. The van der Waals surface area contributed by atoms with E-state index in [0.717, 1.165) is 36.9 Å². The number of sulfonamides is 1. The van der Waals surface area contributed by atoms with Crippen LogP contribution in [0.3, 0.4) is 0 Å². The highest BCUT2D eigenvalue weighted by Gasteiger charge is 2.25. The zero-order valence-electron chi connectivity index (χ0n) is 17.7. The van der Waals surface area contributed by atoms with Crippen LogP contribution in [0.1, 0.15) is 38.2 Å². The van der Waals surface area contributed by atoms with Crippen LogP contribution in [0.2, 0.25) is 0 Å². The number of hydrogen-bond donors (Lipinski definition) is 2. The predicted molar refractivity (Wildman–Crippen MR) is 122 cm³/mol. The Balaban J connectivity index is 1.61. The summed E-state index contributed by atoms with van der Waals surface area (Å²) in [4.78, 5) is 14.5. The number of benzene rings is 2. The number of rotatable bonds is 8. The van der Waals surface area contributed by atoms with Crippen LogP contribution in [-0.2, 0) is 21.4 Å². The van der Waals surface area contributed by atoms with E-state index in [-0.39, 0.29) is 6.04 Å². The predicted octanol–water partition coefficient (Wildman–Crippen LogP) is 3.76. The number of para-hydroxylation sites is 2. The van der Waals surface area contributed by atoms with Crippen molar-refractivity contribution in [3.8, 4) is 0 Å². The molecule has 1 amide bonds. The number of carbonyl (C=O) groups excluding carboxylic acids is 1. The molecule has 7 heteroatoms. The van der Waals surface area contributed by atoms with Crippen LogP contribution in [0.4, 0.5) is 11.4 Å². The second-order valence-electron chi connectivity index (χ2n) is 8.24. The van der Waals surface area contributed by atoms with E-state index in [1.807, 2.05) is 60.5 Å². The Morgan fingerprint density at radius 2 is 1.63 bits per heavy atom. The van der Waals surface area contributed by atoms with Crippen molar-refractivity contribution in [3.63, 3.8) is 0 Å². The number of carbonyl (C=O) groups is 1. The van der Waals surface area contributed by atoms with Crippen LogP contribution < -0.4 is 14.9 Å². The van der Waals surface area contributed by atoms with Gasteiger partial charge >= 0.3 is 0 Å². The number of amides is 1. The van der Waals surface area contributed by atoms with Crippen LogP contribution in [0.25, 0.3) is 0 Å². The Hall–Kier alpha value is -2.38. The fraction of sp³-hybridized carbons (Fsp3) is 0.435. The molecule has 1 saturated carbocycles. The van der Waals surface area contributed by atoms with Gasteiger partial charge in [-0.25, -0.2) is 13.1 Å². The molecule has 2 aromatic carbocycles. The lowest BCUT2D eigenvalue weighted by molar-refractivity contribution is -0.113. The Morgan fingerprint density at radius 3 is 2.33 bits per heavy atom. The molecule has 0 bridgehead atoms. The molecule has 0 heterocycles. The fourth-order valence-corrected chi connectivity index (χ4v) is 5.13. The Morgan fingerprint density at radius 1 is 1.00 bits per heavy atom. The lowest BCUT2D eigenvalue weighted by Crippen LogP contribution is -2.41. The van der Waals surface area contributed by atoms with Crippen molar-refractivity contribution in [2.24, 2.45) is 5.92 Å². The molecule has 30 heavy (non-hydrogen) atoms. The fourth-order valence-electron chi connectivity index (χ4n) is 3.89. The van der Waals surface area contributed by atoms with Gasteiger partial charge in [-0.15, -0.1) is 0 Å². The van der Waals surface area contributed by atoms with Gasteiger partial charge in [-0.1, -0.05) is 49.4 Å². The van der Waals surface area contributed by atoms with Crippen LogP contribution >= 0.6 is 0 Å². The van der Waals surface area contributed by atoms with Crippen molar-refractivity contribution in [3.05, 3.63) is 60.2 Å². The van der Waals surface area contributed by atoms with Gasteiger partial charge in [-0.3, -0.25) is 4.79 Å². The van der Waals surface area contributed by atoms with Gasteiger partial charge in [0.1, 0.15) is 5.75 Å². The highest BCUT2D eigenvalue weighted by atomic mass is 32.2. The van der Waals surface area contributed by atoms with Gasteiger partial charge in [-0.05, 0) is 49.3 Å². The quantitative estimate of drug-likeness (QED) is 0.670. The maximum Gasteiger partial charge on any atom is 0.241 e. The van der Waals surface area contributed by atoms with E-state index in [4.69, 9.17) is 0 Å². The summed E-state index contributed by atoms with van der Waals surface area (Å²) in [6.07, 6.45) is 3.69. The van der Waals surface area contributed by atoms with E-state index in [2.05, 4.69) is 17.0 Å². The Kier molecular flexibility index (Phi) is 7.50. The first-order valence-electron chi connectivity index (χ1n) is 10.5. The third-order valence-corrected chi connectivity index (χ3v) is 6.87. The zero-order valence-corrected chi connectivity index (χ0v) is 18.5. The smallest absolute Gasteiger partial charge is 0.241 e. The topological polar surface area (TPSA) is 78.5 Å². The molecule has 1 fully saturated rings. The molecule has 2 aromatic rings. The normalized spacial score (nSPS) is 19.3. The van der Waals surface area contributed by atoms with Gasteiger partial charge in [-0.2, -0.15) is 0 Å². The monoisotopic (exact) mass is 429 g/mol. The molecular weight excluding hydrogens is 398 g/mol. The summed E-state index contributed by atoms with van der Waals surface area (Å²) >= 11 is 0. The summed E-state index contributed by atoms with van der Waals surface area (Å²) in [7, 11) is -1.73. The lowest BCUT2D eigenvalue weighted by Gasteiger charge is -2.26. The van der Waals surface area contributed by atoms with Crippen molar-refractivity contribution in [2.75, 3.05) is 23.0 Å². The number of nitrogens with zero attached hydrogens (tertiary/aromatic N) is 1. The second-order valence-corrected chi connectivity index (χ2v) is 9.99. The zero-order chi connectivity index (χ0) is 21.6. The van der Waals surface area contributed by atoms with Crippen molar-refractivity contribution in [2.45, 2.75) is 45.2 Å². The largest absolute Gasteiger partial charge is 0.369 e. The van der Waals surface area contributed by atoms with E-state index in [1.54, 1.807) is 6.07 Å². The molecule has 1 aliphatic carbocycles. The van der Waals surface area contributed by atoms with Gasteiger partial charge in [0.15, 0.2) is 0 Å². The number of anilines is 2. The average Bonchev–Trinajstić information content (AvgIpc) is 2.70. The summed E-state index contributed by atoms with van der Waals surface area (Å²) in [5.41, 5.74) is 2.58.